The molecule has 3 aromatic rings. The van der Waals surface area contributed by atoms with Crippen LogP contribution in [-0.2, 0) is 0 Å². The van der Waals surface area contributed by atoms with Crippen molar-refractivity contribution >= 4 is 34.3 Å². The van der Waals surface area contributed by atoms with Crippen LogP contribution in [0.2, 0.25) is 0 Å². The van der Waals surface area contributed by atoms with Crippen LogP contribution in [0.5, 0.6) is 0 Å². The predicted octanol–water partition coefficient (Wildman–Crippen LogP) is 2.52. The third-order valence-electron chi connectivity index (χ3n) is 3.98. The van der Waals surface area contributed by atoms with Gasteiger partial charge >= 0.3 is 0 Å². The number of benzene rings is 1. The Morgan fingerprint density at radius 2 is 2.04 bits per heavy atom. The van der Waals surface area contributed by atoms with E-state index in [0.717, 1.165) is 28.3 Å². The number of fused-ring (bicyclic) bond motifs is 1. The van der Waals surface area contributed by atoms with Gasteiger partial charge in [0.25, 0.3) is 0 Å². The molecule has 2 aromatic heterocycles. The summed E-state index contributed by atoms with van der Waals surface area (Å²) in [7, 11) is 0. The number of anilines is 5. The molecule has 0 unspecified atom stereocenters. The third kappa shape index (κ3) is 2.61. The standard InChI is InChI=1S/C16H19N7/c1-9-2-3-11(6-12(9)17)21-15-7-13(20-10-4-5-10)16-19-8-14(18)23(16)22-15/h2-3,6-8,10,20H,4-5,17-18H2,1H3,(H,21,22). The molecule has 0 aliphatic heterocycles. The largest absolute Gasteiger partial charge is 0.398 e. The van der Waals surface area contributed by atoms with Crippen LogP contribution < -0.4 is 22.1 Å². The lowest BCUT2D eigenvalue weighted by atomic mass is 10.2. The molecule has 1 fully saturated rings. The molecule has 1 saturated carbocycles. The molecular formula is C16H19N7. The summed E-state index contributed by atoms with van der Waals surface area (Å²) in [6, 6.07) is 8.32. The normalized spacial score (nSPS) is 14.1. The zero-order valence-corrected chi connectivity index (χ0v) is 12.9. The highest BCUT2D eigenvalue weighted by Crippen LogP contribution is 2.30. The predicted molar refractivity (Wildman–Crippen MR) is 92.9 cm³/mol. The molecule has 7 heteroatoms. The zero-order chi connectivity index (χ0) is 16.0. The number of hydrogen-bond donors (Lipinski definition) is 4. The second-order valence-corrected chi connectivity index (χ2v) is 5.98. The van der Waals surface area contributed by atoms with Gasteiger partial charge in [-0.3, -0.25) is 0 Å². The Labute approximate surface area is 133 Å². The number of nitrogen functional groups attached to an aromatic ring is 2. The van der Waals surface area contributed by atoms with Crippen LogP contribution in [0.3, 0.4) is 0 Å². The number of rotatable bonds is 4. The number of nitrogens with zero attached hydrogens (tertiary/aromatic N) is 3. The molecule has 7 nitrogen and oxygen atoms in total. The van der Waals surface area contributed by atoms with Crippen LogP contribution in [0.1, 0.15) is 18.4 Å². The lowest BCUT2D eigenvalue weighted by Gasteiger charge is -2.12. The SMILES string of the molecule is Cc1ccc(Nc2cc(NC3CC3)c3ncc(N)n3n2)cc1N. The first kappa shape index (κ1) is 13.7. The molecule has 1 aromatic carbocycles. The van der Waals surface area contributed by atoms with E-state index in [-0.39, 0.29) is 0 Å². The van der Waals surface area contributed by atoms with E-state index in [4.69, 9.17) is 11.5 Å². The second kappa shape index (κ2) is 5.05. The molecule has 0 radical (unpaired) electrons. The number of aromatic nitrogens is 3. The molecule has 4 rings (SSSR count). The molecule has 23 heavy (non-hydrogen) atoms. The van der Waals surface area contributed by atoms with E-state index in [0.29, 0.717) is 17.7 Å². The van der Waals surface area contributed by atoms with E-state index in [1.54, 1.807) is 10.7 Å². The third-order valence-corrected chi connectivity index (χ3v) is 3.98. The van der Waals surface area contributed by atoms with Crippen LogP contribution in [0, 0.1) is 6.92 Å². The topological polar surface area (TPSA) is 106 Å². The van der Waals surface area contributed by atoms with Gasteiger partial charge in [0.15, 0.2) is 11.5 Å². The highest BCUT2D eigenvalue weighted by atomic mass is 15.3. The number of nitrogens with one attached hydrogen (secondary N) is 2. The van der Waals surface area contributed by atoms with Gasteiger partial charge in [0.1, 0.15) is 5.82 Å². The maximum atomic E-state index is 5.97. The summed E-state index contributed by atoms with van der Waals surface area (Å²) in [5, 5.41) is 11.3. The van der Waals surface area contributed by atoms with Gasteiger partial charge < -0.3 is 22.1 Å². The lowest BCUT2D eigenvalue weighted by Crippen LogP contribution is -2.08. The minimum atomic E-state index is 0.505. The first-order valence-electron chi connectivity index (χ1n) is 7.64. The van der Waals surface area contributed by atoms with E-state index in [1.165, 1.54) is 12.8 Å². The number of imidazole rings is 1. The second-order valence-electron chi connectivity index (χ2n) is 5.98. The van der Waals surface area contributed by atoms with Gasteiger partial charge in [-0.25, -0.2) is 4.98 Å². The summed E-state index contributed by atoms with van der Waals surface area (Å²) in [4.78, 5) is 4.34. The Morgan fingerprint density at radius 3 is 2.78 bits per heavy atom. The Balaban J connectivity index is 1.73. The highest BCUT2D eigenvalue weighted by molar-refractivity contribution is 5.75. The van der Waals surface area contributed by atoms with Crippen molar-refractivity contribution in [2.24, 2.45) is 0 Å². The van der Waals surface area contributed by atoms with E-state index < -0.39 is 0 Å². The van der Waals surface area contributed by atoms with Gasteiger partial charge in [-0.2, -0.15) is 4.52 Å². The van der Waals surface area contributed by atoms with Crippen molar-refractivity contribution in [3.63, 3.8) is 0 Å². The summed E-state index contributed by atoms with van der Waals surface area (Å²) in [5.41, 5.74) is 16.3. The molecule has 0 atom stereocenters. The van der Waals surface area contributed by atoms with Gasteiger partial charge in [-0.05, 0) is 37.5 Å². The zero-order valence-electron chi connectivity index (χ0n) is 12.9. The van der Waals surface area contributed by atoms with Crippen LogP contribution in [-0.4, -0.2) is 20.6 Å². The Bertz CT molecular complexity index is 880. The smallest absolute Gasteiger partial charge is 0.179 e. The Hall–Kier alpha value is -2.96. The van der Waals surface area contributed by atoms with E-state index >= 15 is 0 Å². The number of hydrogen-bond acceptors (Lipinski definition) is 6. The van der Waals surface area contributed by atoms with E-state index in [2.05, 4.69) is 20.7 Å². The van der Waals surface area contributed by atoms with Crippen LogP contribution >= 0.6 is 0 Å². The summed E-state index contributed by atoms with van der Waals surface area (Å²) < 4.78 is 1.64. The Morgan fingerprint density at radius 1 is 1.22 bits per heavy atom. The van der Waals surface area contributed by atoms with E-state index in [1.807, 2.05) is 31.2 Å². The maximum Gasteiger partial charge on any atom is 0.179 e. The number of nitrogens with two attached hydrogens (primary N) is 2. The summed E-state index contributed by atoms with van der Waals surface area (Å²) in [6.07, 6.45) is 3.98. The molecule has 0 saturated heterocycles. The first-order valence-corrected chi connectivity index (χ1v) is 7.64. The van der Waals surface area contributed by atoms with Crippen molar-refractivity contribution in [3.05, 3.63) is 36.0 Å². The lowest BCUT2D eigenvalue weighted by molar-refractivity contribution is 0.949. The van der Waals surface area contributed by atoms with Gasteiger partial charge in [0.2, 0.25) is 0 Å². The van der Waals surface area contributed by atoms with Gasteiger partial charge in [-0.15, -0.1) is 5.10 Å². The fourth-order valence-electron chi connectivity index (χ4n) is 2.47. The molecule has 0 spiro atoms. The average molecular weight is 309 g/mol. The summed E-state index contributed by atoms with van der Waals surface area (Å²) in [5.74, 6) is 1.19. The quantitative estimate of drug-likeness (QED) is 0.552. The number of aryl methyl sites for hydroxylation is 1. The monoisotopic (exact) mass is 309 g/mol. The van der Waals surface area contributed by atoms with Crippen molar-refractivity contribution in [1.82, 2.24) is 14.6 Å². The van der Waals surface area contributed by atoms with Crippen LogP contribution in [0.15, 0.2) is 30.5 Å². The van der Waals surface area contributed by atoms with Crippen molar-refractivity contribution in [3.8, 4) is 0 Å². The van der Waals surface area contributed by atoms with Gasteiger partial charge in [0.05, 0.1) is 11.9 Å². The molecule has 0 bridgehead atoms. The van der Waals surface area contributed by atoms with Gasteiger partial charge in [0, 0.05) is 23.5 Å². The molecule has 0 amide bonds. The van der Waals surface area contributed by atoms with Crippen molar-refractivity contribution < 1.29 is 0 Å². The molecule has 2 heterocycles. The maximum absolute atomic E-state index is 5.97. The summed E-state index contributed by atoms with van der Waals surface area (Å²) >= 11 is 0. The minimum absolute atomic E-state index is 0.505. The fraction of sp³-hybridized carbons (Fsp3) is 0.250. The molecule has 118 valence electrons. The van der Waals surface area contributed by atoms with Crippen LogP contribution in [0.25, 0.3) is 5.65 Å². The minimum Gasteiger partial charge on any atom is -0.398 e. The Kier molecular flexibility index (Phi) is 3.00. The average Bonchev–Trinajstić information content (AvgIpc) is 3.26. The molecular weight excluding hydrogens is 290 g/mol. The van der Waals surface area contributed by atoms with Gasteiger partial charge in [-0.1, -0.05) is 6.07 Å². The van der Waals surface area contributed by atoms with Crippen molar-refractivity contribution in [2.45, 2.75) is 25.8 Å². The summed E-state index contributed by atoms with van der Waals surface area (Å²) in [6.45, 7) is 1.98. The van der Waals surface area contributed by atoms with Crippen LogP contribution in [0.4, 0.5) is 28.7 Å². The van der Waals surface area contributed by atoms with Crippen molar-refractivity contribution in [2.75, 3.05) is 22.1 Å². The first-order chi connectivity index (χ1) is 11.1. The molecule has 1 aliphatic carbocycles. The van der Waals surface area contributed by atoms with E-state index in [9.17, 15) is 0 Å². The molecule has 6 N–H and O–H groups in total. The fourth-order valence-corrected chi connectivity index (χ4v) is 2.47. The molecule has 1 aliphatic rings. The van der Waals surface area contributed by atoms with Crippen molar-refractivity contribution in [1.29, 1.82) is 0 Å². The highest BCUT2D eigenvalue weighted by Gasteiger charge is 2.23.